The van der Waals surface area contributed by atoms with Crippen LogP contribution in [-0.2, 0) is 6.42 Å². The number of nitrogens with zero attached hydrogens (tertiary/aromatic N) is 1. The molecule has 0 aliphatic carbocycles. The molecule has 106 valence electrons. The second kappa shape index (κ2) is 4.48. The highest BCUT2D eigenvalue weighted by Gasteiger charge is 2.33. The van der Waals surface area contributed by atoms with E-state index in [4.69, 9.17) is 9.47 Å². The van der Waals surface area contributed by atoms with Crippen LogP contribution in [-0.4, -0.2) is 17.7 Å². The van der Waals surface area contributed by atoms with Crippen LogP contribution in [0.5, 0.6) is 11.5 Å². The van der Waals surface area contributed by atoms with E-state index in [1.165, 1.54) is 10.4 Å². The Labute approximate surface area is 123 Å². The van der Waals surface area contributed by atoms with Crippen molar-refractivity contribution in [2.24, 2.45) is 0 Å². The van der Waals surface area contributed by atoms with Gasteiger partial charge in [-0.2, -0.15) is 0 Å². The summed E-state index contributed by atoms with van der Waals surface area (Å²) >= 11 is 1.72. The van der Waals surface area contributed by atoms with Gasteiger partial charge >= 0.3 is 0 Å². The average molecular weight is 289 g/mol. The second-order valence-electron chi connectivity index (χ2n) is 5.87. The van der Waals surface area contributed by atoms with Crippen LogP contribution in [0.2, 0.25) is 0 Å². The highest BCUT2D eigenvalue weighted by molar-refractivity contribution is 7.15. The fourth-order valence-electron chi connectivity index (χ4n) is 2.55. The van der Waals surface area contributed by atoms with E-state index in [1.807, 2.05) is 13.0 Å². The Hall–Kier alpha value is -1.55. The minimum absolute atomic E-state index is 0.164. The highest BCUT2D eigenvalue weighted by Crippen LogP contribution is 2.45. The number of benzene rings is 1. The van der Waals surface area contributed by atoms with E-state index >= 15 is 0 Å². The fourth-order valence-corrected chi connectivity index (χ4v) is 3.45. The maximum Gasteiger partial charge on any atom is 0.165 e. The quantitative estimate of drug-likeness (QED) is 0.832. The van der Waals surface area contributed by atoms with Crippen LogP contribution in [0.3, 0.4) is 0 Å². The molecule has 0 saturated carbocycles. The number of methoxy groups -OCH3 is 1. The van der Waals surface area contributed by atoms with E-state index in [9.17, 15) is 0 Å². The average Bonchev–Trinajstić information content (AvgIpc) is 2.86. The van der Waals surface area contributed by atoms with Crippen LogP contribution in [0, 0.1) is 13.8 Å². The van der Waals surface area contributed by atoms with Crippen molar-refractivity contribution < 1.29 is 9.47 Å². The van der Waals surface area contributed by atoms with Crippen LogP contribution in [0.1, 0.15) is 30.0 Å². The first-order valence-electron chi connectivity index (χ1n) is 6.74. The molecule has 0 fully saturated rings. The molecule has 1 aliphatic heterocycles. The Bertz CT molecular complexity index is 654. The Morgan fingerprint density at radius 3 is 2.65 bits per heavy atom. The van der Waals surface area contributed by atoms with Crippen molar-refractivity contribution >= 4 is 11.3 Å². The number of aryl methyl sites for hydroxylation is 2. The van der Waals surface area contributed by atoms with Gasteiger partial charge < -0.3 is 9.47 Å². The van der Waals surface area contributed by atoms with Crippen molar-refractivity contribution in [3.8, 4) is 22.1 Å². The number of thiazole rings is 1. The number of hydrogen-bond acceptors (Lipinski definition) is 4. The standard InChI is InChI=1S/C16H19NO2S/c1-9-10(2)20-15(17-9)11-6-12-8-16(3,4)19-14(12)13(7-11)18-5/h6-7H,8H2,1-5H3. The van der Waals surface area contributed by atoms with Crippen molar-refractivity contribution in [1.29, 1.82) is 0 Å². The van der Waals surface area contributed by atoms with E-state index in [-0.39, 0.29) is 5.60 Å². The van der Waals surface area contributed by atoms with Crippen molar-refractivity contribution in [1.82, 2.24) is 4.98 Å². The molecule has 0 bridgehead atoms. The summed E-state index contributed by atoms with van der Waals surface area (Å²) in [6, 6.07) is 4.21. The molecule has 1 aromatic heterocycles. The summed E-state index contributed by atoms with van der Waals surface area (Å²) in [5, 5.41) is 1.05. The van der Waals surface area contributed by atoms with Gasteiger partial charge in [0.15, 0.2) is 11.5 Å². The van der Waals surface area contributed by atoms with Gasteiger partial charge in [-0.05, 0) is 39.8 Å². The molecule has 0 saturated heterocycles. The van der Waals surface area contributed by atoms with Gasteiger partial charge in [0.25, 0.3) is 0 Å². The monoisotopic (exact) mass is 289 g/mol. The Morgan fingerprint density at radius 2 is 2.05 bits per heavy atom. The molecule has 1 aliphatic rings. The third-order valence-electron chi connectivity index (χ3n) is 3.62. The van der Waals surface area contributed by atoms with Gasteiger partial charge in [-0.15, -0.1) is 11.3 Å². The summed E-state index contributed by atoms with van der Waals surface area (Å²) in [7, 11) is 1.69. The molecular formula is C16H19NO2S. The van der Waals surface area contributed by atoms with Crippen LogP contribution in [0.25, 0.3) is 10.6 Å². The summed E-state index contributed by atoms with van der Waals surface area (Å²) < 4.78 is 11.5. The molecule has 4 heteroatoms. The Morgan fingerprint density at radius 1 is 1.30 bits per heavy atom. The van der Waals surface area contributed by atoms with E-state index in [0.717, 1.165) is 34.2 Å². The molecule has 0 radical (unpaired) electrons. The molecule has 0 unspecified atom stereocenters. The Kier molecular flexibility index (Phi) is 3.01. The number of ether oxygens (including phenoxy) is 2. The summed E-state index contributed by atoms with van der Waals surface area (Å²) in [5.41, 5.74) is 3.25. The van der Waals surface area contributed by atoms with Gasteiger partial charge in [-0.3, -0.25) is 0 Å². The van der Waals surface area contributed by atoms with Gasteiger partial charge in [0, 0.05) is 22.4 Å². The van der Waals surface area contributed by atoms with Crippen LogP contribution in [0.4, 0.5) is 0 Å². The smallest absolute Gasteiger partial charge is 0.165 e. The van der Waals surface area contributed by atoms with Gasteiger partial charge in [-0.1, -0.05) is 0 Å². The van der Waals surface area contributed by atoms with Crippen molar-refractivity contribution in [3.63, 3.8) is 0 Å². The highest BCUT2D eigenvalue weighted by atomic mass is 32.1. The summed E-state index contributed by atoms with van der Waals surface area (Å²) in [5.74, 6) is 1.68. The minimum Gasteiger partial charge on any atom is -0.493 e. The predicted octanol–water partition coefficient (Wildman–Crippen LogP) is 4.15. The fraction of sp³-hybridized carbons (Fsp3) is 0.438. The molecule has 0 N–H and O–H groups in total. The lowest BCUT2D eigenvalue weighted by Crippen LogP contribution is -2.24. The molecule has 0 amide bonds. The zero-order valence-corrected chi connectivity index (χ0v) is 13.4. The maximum atomic E-state index is 5.99. The minimum atomic E-state index is -0.164. The molecule has 0 atom stereocenters. The molecular weight excluding hydrogens is 270 g/mol. The van der Waals surface area contributed by atoms with Crippen LogP contribution >= 0.6 is 11.3 Å². The maximum absolute atomic E-state index is 5.99. The normalized spacial score (nSPS) is 15.8. The summed E-state index contributed by atoms with van der Waals surface area (Å²) in [4.78, 5) is 5.90. The first kappa shape index (κ1) is 13.4. The Balaban J connectivity index is 2.11. The number of aromatic nitrogens is 1. The molecule has 3 rings (SSSR count). The zero-order valence-electron chi connectivity index (χ0n) is 12.5. The number of rotatable bonds is 2. The first-order valence-corrected chi connectivity index (χ1v) is 7.55. The van der Waals surface area contributed by atoms with E-state index < -0.39 is 0 Å². The van der Waals surface area contributed by atoms with Gasteiger partial charge in [-0.25, -0.2) is 4.98 Å². The van der Waals surface area contributed by atoms with Crippen LogP contribution < -0.4 is 9.47 Å². The SMILES string of the molecule is COc1cc(-c2nc(C)c(C)s2)cc2c1OC(C)(C)C2. The first-order chi connectivity index (χ1) is 9.39. The number of hydrogen-bond donors (Lipinski definition) is 0. The summed E-state index contributed by atoms with van der Waals surface area (Å²) in [6.45, 7) is 8.35. The lowest BCUT2D eigenvalue weighted by atomic mass is 10.00. The molecule has 3 nitrogen and oxygen atoms in total. The largest absolute Gasteiger partial charge is 0.493 e. The zero-order chi connectivity index (χ0) is 14.5. The van der Waals surface area contributed by atoms with Crippen molar-refractivity contribution in [3.05, 3.63) is 28.3 Å². The van der Waals surface area contributed by atoms with E-state index in [0.29, 0.717) is 0 Å². The second-order valence-corrected chi connectivity index (χ2v) is 7.07. The molecule has 2 aromatic rings. The number of fused-ring (bicyclic) bond motifs is 1. The van der Waals surface area contributed by atoms with Gasteiger partial charge in [0.05, 0.1) is 12.8 Å². The summed E-state index contributed by atoms with van der Waals surface area (Å²) in [6.07, 6.45) is 0.899. The van der Waals surface area contributed by atoms with Crippen LogP contribution in [0.15, 0.2) is 12.1 Å². The third kappa shape index (κ3) is 2.18. The van der Waals surface area contributed by atoms with Gasteiger partial charge in [0.2, 0.25) is 0 Å². The molecule has 20 heavy (non-hydrogen) atoms. The lowest BCUT2D eigenvalue weighted by Gasteiger charge is -2.17. The van der Waals surface area contributed by atoms with E-state index in [2.05, 4.69) is 31.8 Å². The lowest BCUT2D eigenvalue weighted by molar-refractivity contribution is 0.134. The topological polar surface area (TPSA) is 31.4 Å². The predicted molar refractivity (Wildman–Crippen MR) is 82.0 cm³/mol. The van der Waals surface area contributed by atoms with E-state index in [1.54, 1.807) is 18.4 Å². The van der Waals surface area contributed by atoms with Gasteiger partial charge in [0.1, 0.15) is 10.6 Å². The third-order valence-corrected chi connectivity index (χ3v) is 4.74. The molecule has 2 heterocycles. The molecule has 0 spiro atoms. The van der Waals surface area contributed by atoms with Crippen molar-refractivity contribution in [2.45, 2.75) is 39.7 Å². The molecule has 1 aromatic carbocycles. The van der Waals surface area contributed by atoms with Crippen molar-refractivity contribution in [2.75, 3.05) is 7.11 Å².